The molecule has 7 heteroatoms. The van der Waals surface area contributed by atoms with E-state index in [9.17, 15) is 13.2 Å². The second kappa shape index (κ2) is 8.86. The molecule has 0 spiro atoms. The molecule has 0 fully saturated rings. The molecular formula is C21H21NO5S. The zero-order chi connectivity index (χ0) is 20.0. The van der Waals surface area contributed by atoms with Gasteiger partial charge in [0.1, 0.15) is 18.1 Å². The maximum atomic E-state index is 13.0. The molecule has 0 unspecified atom stereocenters. The van der Waals surface area contributed by atoms with Gasteiger partial charge in [-0.3, -0.25) is 4.79 Å². The minimum atomic E-state index is -3.90. The van der Waals surface area contributed by atoms with Crippen molar-refractivity contribution in [2.24, 2.45) is 0 Å². The molecule has 1 heterocycles. The van der Waals surface area contributed by atoms with Gasteiger partial charge >= 0.3 is 5.97 Å². The highest BCUT2D eigenvalue weighted by molar-refractivity contribution is 7.89. The Labute approximate surface area is 164 Å². The number of nitrogens with zero attached hydrogens (tertiary/aromatic N) is 1. The van der Waals surface area contributed by atoms with Crippen molar-refractivity contribution >= 4 is 16.0 Å². The van der Waals surface area contributed by atoms with Crippen LogP contribution in [-0.2, 0) is 26.1 Å². The molecule has 0 aliphatic carbocycles. The van der Waals surface area contributed by atoms with Crippen LogP contribution < -0.4 is 0 Å². The van der Waals surface area contributed by atoms with Crippen molar-refractivity contribution in [2.45, 2.75) is 18.4 Å². The van der Waals surface area contributed by atoms with Crippen molar-refractivity contribution in [1.82, 2.24) is 4.31 Å². The SMILES string of the molecule is CCOC(=O)CN(Cc1ccc(-c2ccccc2)o1)S(=O)(=O)c1ccccc1. The van der Waals surface area contributed by atoms with E-state index >= 15 is 0 Å². The standard InChI is InChI=1S/C21H21NO5S/c1-2-26-21(23)16-22(28(24,25)19-11-7-4-8-12-19)15-18-13-14-20(27-18)17-9-5-3-6-10-17/h3-14H,2,15-16H2,1H3. The molecular weight excluding hydrogens is 378 g/mol. The Bertz CT molecular complexity index is 1010. The number of hydrogen-bond donors (Lipinski definition) is 0. The maximum Gasteiger partial charge on any atom is 0.321 e. The smallest absolute Gasteiger partial charge is 0.321 e. The lowest BCUT2D eigenvalue weighted by Crippen LogP contribution is -2.36. The molecule has 1 aromatic heterocycles. The minimum Gasteiger partial charge on any atom is -0.465 e. The van der Waals surface area contributed by atoms with Crippen molar-refractivity contribution in [2.75, 3.05) is 13.2 Å². The van der Waals surface area contributed by atoms with Crippen LogP contribution in [-0.4, -0.2) is 31.8 Å². The number of carbonyl (C=O) groups is 1. The van der Waals surface area contributed by atoms with E-state index in [4.69, 9.17) is 9.15 Å². The third-order valence-electron chi connectivity index (χ3n) is 4.04. The van der Waals surface area contributed by atoms with E-state index in [1.807, 2.05) is 30.3 Å². The normalized spacial score (nSPS) is 11.5. The number of benzene rings is 2. The van der Waals surface area contributed by atoms with Crippen molar-refractivity contribution in [3.8, 4) is 11.3 Å². The zero-order valence-electron chi connectivity index (χ0n) is 15.4. The van der Waals surface area contributed by atoms with Crippen LogP contribution in [0.15, 0.2) is 82.1 Å². The van der Waals surface area contributed by atoms with Crippen LogP contribution in [0.5, 0.6) is 0 Å². The zero-order valence-corrected chi connectivity index (χ0v) is 16.3. The lowest BCUT2D eigenvalue weighted by Gasteiger charge is -2.20. The lowest BCUT2D eigenvalue weighted by molar-refractivity contribution is -0.143. The summed E-state index contributed by atoms with van der Waals surface area (Å²) in [6.45, 7) is 1.37. The fourth-order valence-corrected chi connectivity index (χ4v) is 4.08. The first kappa shape index (κ1) is 19.9. The van der Waals surface area contributed by atoms with Crippen LogP contribution in [0.3, 0.4) is 0 Å². The Balaban J connectivity index is 1.88. The molecule has 0 saturated carbocycles. The first-order chi connectivity index (χ1) is 13.5. The van der Waals surface area contributed by atoms with Gasteiger partial charge in [-0.25, -0.2) is 8.42 Å². The van der Waals surface area contributed by atoms with E-state index in [-0.39, 0.29) is 18.0 Å². The summed E-state index contributed by atoms with van der Waals surface area (Å²) in [4.78, 5) is 12.1. The van der Waals surface area contributed by atoms with Crippen LogP contribution in [0.25, 0.3) is 11.3 Å². The Morgan fingerprint density at radius 1 is 0.964 bits per heavy atom. The molecule has 0 radical (unpaired) electrons. The highest BCUT2D eigenvalue weighted by Crippen LogP contribution is 2.24. The Kier molecular flexibility index (Phi) is 6.28. The van der Waals surface area contributed by atoms with Crippen molar-refractivity contribution < 1.29 is 22.4 Å². The Morgan fingerprint density at radius 2 is 1.61 bits per heavy atom. The van der Waals surface area contributed by atoms with E-state index < -0.39 is 22.5 Å². The average Bonchev–Trinajstić information content (AvgIpc) is 3.18. The second-order valence-electron chi connectivity index (χ2n) is 6.02. The Morgan fingerprint density at radius 3 is 2.25 bits per heavy atom. The molecule has 3 aromatic rings. The van der Waals surface area contributed by atoms with E-state index in [2.05, 4.69) is 0 Å². The van der Waals surface area contributed by atoms with Crippen LogP contribution >= 0.6 is 0 Å². The molecule has 0 atom stereocenters. The van der Waals surface area contributed by atoms with E-state index in [0.29, 0.717) is 11.5 Å². The molecule has 3 rings (SSSR count). The topological polar surface area (TPSA) is 76.8 Å². The third kappa shape index (κ3) is 4.68. The Hall–Kier alpha value is -2.90. The number of rotatable bonds is 8. The van der Waals surface area contributed by atoms with Crippen molar-refractivity contribution in [3.63, 3.8) is 0 Å². The largest absolute Gasteiger partial charge is 0.465 e. The van der Waals surface area contributed by atoms with Crippen molar-refractivity contribution in [3.05, 3.63) is 78.6 Å². The third-order valence-corrected chi connectivity index (χ3v) is 5.85. The number of hydrogen-bond acceptors (Lipinski definition) is 5. The van der Waals surface area contributed by atoms with Gasteiger partial charge in [0.2, 0.25) is 10.0 Å². The number of sulfonamides is 1. The van der Waals surface area contributed by atoms with Gasteiger partial charge in [0.15, 0.2) is 0 Å². The number of esters is 1. The summed E-state index contributed by atoms with van der Waals surface area (Å²) in [5.41, 5.74) is 0.886. The van der Waals surface area contributed by atoms with Crippen LogP contribution in [0.2, 0.25) is 0 Å². The monoisotopic (exact) mass is 399 g/mol. The minimum absolute atomic E-state index is 0.0805. The molecule has 0 aliphatic heterocycles. The van der Waals surface area contributed by atoms with Crippen molar-refractivity contribution in [1.29, 1.82) is 0 Å². The molecule has 6 nitrogen and oxygen atoms in total. The van der Waals surface area contributed by atoms with E-state index in [0.717, 1.165) is 9.87 Å². The molecule has 146 valence electrons. The molecule has 0 N–H and O–H groups in total. The van der Waals surface area contributed by atoms with Crippen LogP contribution in [0, 0.1) is 0 Å². The fraction of sp³-hybridized carbons (Fsp3) is 0.190. The van der Waals surface area contributed by atoms with E-state index in [1.165, 1.54) is 12.1 Å². The van der Waals surface area contributed by atoms with Crippen LogP contribution in [0.1, 0.15) is 12.7 Å². The molecule has 28 heavy (non-hydrogen) atoms. The predicted octanol–water partition coefficient (Wildman–Crippen LogP) is 3.70. The van der Waals surface area contributed by atoms with Crippen LogP contribution in [0.4, 0.5) is 0 Å². The highest BCUT2D eigenvalue weighted by atomic mass is 32.2. The van der Waals surface area contributed by atoms with Gasteiger partial charge in [-0.05, 0) is 31.2 Å². The predicted molar refractivity (Wildman–Crippen MR) is 105 cm³/mol. The summed E-state index contributed by atoms with van der Waals surface area (Å²) in [7, 11) is -3.90. The molecule has 0 amide bonds. The van der Waals surface area contributed by atoms with Gasteiger partial charge in [-0.2, -0.15) is 4.31 Å². The molecule has 2 aromatic carbocycles. The highest BCUT2D eigenvalue weighted by Gasteiger charge is 2.28. The van der Waals surface area contributed by atoms with Gasteiger partial charge in [-0.1, -0.05) is 48.5 Å². The summed E-state index contributed by atoms with van der Waals surface area (Å²) < 4.78 is 37.9. The maximum absolute atomic E-state index is 13.0. The summed E-state index contributed by atoms with van der Waals surface area (Å²) in [6.07, 6.45) is 0. The molecule has 0 aliphatic rings. The second-order valence-corrected chi connectivity index (χ2v) is 7.96. The first-order valence-electron chi connectivity index (χ1n) is 8.85. The van der Waals surface area contributed by atoms with Gasteiger partial charge in [0.25, 0.3) is 0 Å². The fourth-order valence-electron chi connectivity index (χ4n) is 2.71. The van der Waals surface area contributed by atoms with E-state index in [1.54, 1.807) is 37.3 Å². The van der Waals surface area contributed by atoms with Gasteiger partial charge < -0.3 is 9.15 Å². The first-order valence-corrected chi connectivity index (χ1v) is 10.3. The molecule has 0 saturated heterocycles. The number of carbonyl (C=O) groups excluding carboxylic acids is 1. The van der Waals surface area contributed by atoms with Gasteiger partial charge in [-0.15, -0.1) is 0 Å². The van der Waals surface area contributed by atoms with Gasteiger partial charge in [0, 0.05) is 5.56 Å². The lowest BCUT2D eigenvalue weighted by atomic mass is 10.2. The quantitative estimate of drug-likeness (QED) is 0.540. The number of ether oxygens (including phenoxy) is 1. The summed E-state index contributed by atoms with van der Waals surface area (Å²) in [5.74, 6) is 0.447. The number of furan rings is 1. The van der Waals surface area contributed by atoms with Gasteiger partial charge in [0.05, 0.1) is 18.0 Å². The summed E-state index contributed by atoms with van der Waals surface area (Å²) in [5, 5.41) is 0. The average molecular weight is 399 g/mol. The summed E-state index contributed by atoms with van der Waals surface area (Å²) >= 11 is 0. The molecule has 0 bridgehead atoms. The summed E-state index contributed by atoms with van der Waals surface area (Å²) in [6, 6.07) is 21.0.